The molecule has 0 saturated heterocycles. The standard InChI is InChI=1S/C15H22OSi/c1-15(2,11-12-17(3,4)5)14(16)13-9-7-6-8-10-13/h6-10,14,16H,1-5H3. The molecule has 0 bridgehead atoms. The van der Waals surface area contributed by atoms with Gasteiger partial charge < -0.3 is 5.11 Å². The minimum Gasteiger partial charge on any atom is -0.387 e. The molecule has 0 aliphatic carbocycles. The summed E-state index contributed by atoms with van der Waals surface area (Å²) in [5.41, 5.74) is 3.87. The van der Waals surface area contributed by atoms with E-state index >= 15 is 0 Å². The van der Waals surface area contributed by atoms with Crippen molar-refractivity contribution in [3.8, 4) is 11.5 Å². The van der Waals surface area contributed by atoms with Gasteiger partial charge in [0.15, 0.2) is 0 Å². The van der Waals surface area contributed by atoms with E-state index in [1.54, 1.807) is 0 Å². The molecule has 0 aromatic heterocycles. The van der Waals surface area contributed by atoms with E-state index in [2.05, 4.69) is 31.1 Å². The fourth-order valence-corrected chi connectivity index (χ4v) is 2.17. The number of rotatable bonds is 2. The molecule has 2 heteroatoms. The van der Waals surface area contributed by atoms with Gasteiger partial charge in [-0.1, -0.05) is 50.0 Å². The molecule has 92 valence electrons. The third kappa shape index (κ3) is 4.38. The molecule has 0 saturated carbocycles. The van der Waals surface area contributed by atoms with Gasteiger partial charge in [0.25, 0.3) is 0 Å². The molecular formula is C15H22OSi. The van der Waals surface area contributed by atoms with Crippen LogP contribution in [0.1, 0.15) is 25.5 Å². The van der Waals surface area contributed by atoms with Gasteiger partial charge in [-0.3, -0.25) is 0 Å². The molecule has 17 heavy (non-hydrogen) atoms. The lowest BCUT2D eigenvalue weighted by atomic mass is 9.84. The molecule has 1 nitrogen and oxygen atoms in total. The molecular weight excluding hydrogens is 224 g/mol. The van der Waals surface area contributed by atoms with Gasteiger partial charge in [0, 0.05) is 0 Å². The van der Waals surface area contributed by atoms with E-state index in [-0.39, 0.29) is 0 Å². The highest BCUT2D eigenvalue weighted by Gasteiger charge is 2.27. The highest BCUT2D eigenvalue weighted by Crippen LogP contribution is 2.32. The van der Waals surface area contributed by atoms with Crippen LogP contribution in [0.3, 0.4) is 0 Å². The first-order valence-corrected chi connectivity index (χ1v) is 9.50. The van der Waals surface area contributed by atoms with Gasteiger partial charge >= 0.3 is 0 Å². The Hall–Kier alpha value is -1.04. The van der Waals surface area contributed by atoms with E-state index in [1.165, 1.54) is 0 Å². The van der Waals surface area contributed by atoms with Crippen molar-refractivity contribution in [3.63, 3.8) is 0 Å². The molecule has 1 atom stereocenters. The Morgan fingerprint density at radius 3 is 2.12 bits per heavy atom. The Kier molecular flexibility index (Phi) is 4.19. The zero-order valence-electron chi connectivity index (χ0n) is 11.4. The fourth-order valence-electron chi connectivity index (χ4n) is 1.47. The third-order valence-electron chi connectivity index (χ3n) is 2.56. The molecule has 0 aliphatic rings. The van der Waals surface area contributed by atoms with Crippen LogP contribution in [0.5, 0.6) is 0 Å². The summed E-state index contributed by atoms with van der Waals surface area (Å²) in [5, 5.41) is 10.4. The van der Waals surface area contributed by atoms with Crippen LogP contribution in [0.4, 0.5) is 0 Å². The summed E-state index contributed by atoms with van der Waals surface area (Å²) in [6.45, 7) is 10.6. The summed E-state index contributed by atoms with van der Waals surface area (Å²) in [6.07, 6.45) is -0.535. The second-order valence-corrected chi connectivity index (χ2v) is 10.8. The normalized spacial score (nSPS) is 13.8. The molecule has 1 aromatic carbocycles. The lowest BCUT2D eigenvalue weighted by molar-refractivity contribution is 0.0881. The van der Waals surface area contributed by atoms with Gasteiger partial charge in [-0.15, -0.1) is 11.5 Å². The summed E-state index contributed by atoms with van der Waals surface area (Å²) in [4.78, 5) is 0. The summed E-state index contributed by atoms with van der Waals surface area (Å²) >= 11 is 0. The van der Waals surface area contributed by atoms with Crippen LogP contribution in [0.15, 0.2) is 30.3 Å². The minimum atomic E-state index is -1.39. The van der Waals surface area contributed by atoms with Crippen molar-refractivity contribution in [2.45, 2.75) is 39.6 Å². The monoisotopic (exact) mass is 246 g/mol. The molecule has 0 heterocycles. The average molecular weight is 246 g/mol. The van der Waals surface area contributed by atoms with Crippen molar-refractivity contribution in [1.29, 1.82) is 0 Å². The van der Waals surface area contributed by atoms with Gasteiger partial charge in [0.2, 0.25) is 0 Å². The minimum absolute atomic E-state index is 0.401. The second-order valence-electron chi connectivity index (χ2n) is 6.03. The van der Waals surface area contributed by atoms with Gasteiger partial charge in [0.1, 0.15) is 8.07 Å². The highest BCUT2D eigenvalue weighted by atomic mass is 28.3. The Morgan fingerprint density at radius 1 is 1.12 bits per heavy atom. The van der Waals surface area contributed by atoms with E-state index in [0.29, 0.717) is 0 Å². The second kappa shape index (κ2) is 5.08. The van der Waals surface area contributed by atoms with E-state index in [9.17, 15) is 5.11 Å². The van der Waals surface area contributed by atoms with Crippen molar-refractivity contribution in [3.05, 3.63) is 35.9 Å². The number of hydrogen-bond donors (Lipinski definition) is 1. The van der Waals surface area contributed by atoms with E-state index in [0.717, 1.165) is 5.56 Å². The van der Waals surface area contributed by atoms with E-state index in [1.807, 2.05) is 44.2 Å². The molecule has 0 amide bonds. The zero-order valence-corrected chi connectivity index (χ0v) is 12.4. The first kappa shape index (κ1) is 14.0. The Morgan fingerprint density at radius 2 is 1.65 bits per heavy atom. The summed E-state index contributed by atoms with van der Waals surface area (Å²) in [5.74, 6) is 3.26. The quantitative estimate of drug-likeness (QED) is 0.624. The number of aliphatic hydroxyl groups excluding tert-OH is 1. The van der Waals surface area contributed by atoms with Crippen LogP contribution in [0.2, 0.25) is 19.6 Å². The van der Waals surface area contributed by atoms with Crippen molar-refractivity contribution in [2.75, 3.05) is 0 Å². The molecule has 0 fully saturated rings. The smallest absolute Gasteiger partial charge is 0.129 e. The maximum absolute atomic E-state index is 10.4. The predicted molar refractivity (Wildman–Crippen MR) is 76.3 cm³/mol. The number of benzene rings is 1. The lowest BCUT2D eigenvalue weighted by Gasteiger charge is -2.26. The Labute approximate surface area is 106 Å². The third-order valence-corrected chi connectivity index (χ3v) is 3.43. The largest absolute Gasteiger partial charge is 0.387 e. The molecule has 0 spiro atoms. The Balaban J connectivity index is 2.94. The predicted octanol–water partition coefficient (Wildman–Crippen LogP) is 3.63. The summed E-state index contributed by atoms with van der Waals surface area (Å²) in [7, 11) is -1.39. The van der Waals surface area contributed by atoms with Crippen molar-refractivity contribution < 1.29 is 5.11 Å². The first-order chi connectivity index (χ1) is 7.72. The molecule has 1 aromatic rings. The molecule has 1 N–H and O–H groups in total. The van der Waals surface area contributed by atoms with Crippen LogP contribution in [0.25, 0.3) is 0 Å². The van der Waals surface area contributed by atoms with E-state index in [4.69, 9.17) is 0 Å². The van der Waals surface area contributed by atoms with Gasteiger partial charge in [-0.25, -0.2) is 0 Å². The van der Waals surface area contributed by atoms with Crippen molar-refractivity contribution in [1.82, 2.24) is 0 Å². The van der Waals surface area contributed by atoms with Crippen LogP contribution in [-0.2, 0) is 0 Å². The molecule has 1 unspecified atom stereocenters. The van der Waals surface area contributed by atoms with E-state index < -0.39 is 19.6 Å². The summed E-state index contributed by atoms with van der Waals surface area (Å²) < 4.78 is 0. The number of hydrogen-bond acceptors (Lipinski definition) is 1. The number of aliphatic hydroxyl groups is 1. The summed E-state index contributed by atoms with van der Waals surface area (Å²) in [6, 6.07) is 9.74. The maximum Gasteiger partial charge on any atom is 0.129 e. The molecule has 0 aliphatic heterocycles. The Bertz CT molecular complexity index is 418. The highest BCUT2D eigenvalue weighted by molar-refractivity contribution is 6.83. The maximum atomic E-state index is 10.4. The van der Waals surface area contributed by atoms with Crippen LogP contribution in [0, 0.1) is 16.9 Å². The average Bonchev–Trinajstić information content (AvgIpc) is 2.26. The van der Waals surface area contributed by atoms with Crippen molar-refractivity contribution in [2.24, 2.45) is 5.41 Å². The topological polar surface area (TPSA) is 20.2 Å². The van der Waals surface area contributed by atoms with Crippen LogP contribution in [-0.4, -0.2) is 13.2 Å². The zero-order chi connectivity index (χ0) is 13.1. The van der Waals surface area contributed by atoms with Crippen molar-refractivity contribution >= 4 is 8.07 Å². The van der Waals surface area contributed by atoms with Gasteiger partial charge in [0.05, 0.1) is 11.5 Å². The van der Waals surface area contributed by atoms with Crippen LogP contribution >= 0.6 is 0 Å². The molecule has 0 radical (unpaired) electrons. The van der Waals surface area contributed by atoms with Gasteiger partial charge in [-0.05, 0) is 19.4 Å². The SMILES string of the molecule is CC(C)(C#C[Si](C)(C)C)C(O)c1ccccc1. The first-order valence-electron chi connectivity index (χ1n) is 6.00. The fraction of sp³-hybridized carbons (Fsp3) is 0.467. The van der Waals surface area contributed by atoms with Gasteiger partial charge in [-0.2, -0.15) is 0 Å². The molecule has 1 rings (SSSR count). The van der Waals surface area contributed by atoms with Crippen LogP contribution < -0.4 is 0 Å². The lowest BCUT2D eigenvalue weighted by Crippen LogP contribution is -2.23.